The molecule has 5 nitrogen and oxygen atoms in total. The van der Waals surface area contributed by atoms with Crippen molar-refractivity contribution in [2.45, 2.75) is 57.9 Å². The minimum absolute atomic E-state index is 0.108. The first-order valence-electron chi connectivity index (χ1n) is 8.21. The largest absolute Gasteiger partial charge is 0.466 e. The highest BCUT2D eigenvalue weighted by molar-refractivity contribution is 7.98. The van der Waals surface area contributed by atoms with Crippen molar-refractivity contribution < 1.29 is 14.3 Å². The highest BCUT2D eigenvalue weighted by Gasteiger charge is 2.35. The molecule has 0 heterocycles. The zero-order chi connectivity index (χ0) is 16.4. The molecule has 22 heavy (non-hydrogen) atoms. The predicted molar refractivity (Wildman–Crippen MR) is 90.8 cm³/mol. The van der Waals surface area contributed by atoms with E-state index in [1.54, 1.807) is 11.8 Å². The molecule has 0 aliphatic heterocycles. The molecule has 0 saturated heterocycles. The van der Waals surface area contributed by atoms with Crippen LogP contribution in [-0.4, -0.2) is 43.1 Å². The maximum atomic E-state index is 12.1. The molecule has 1 rings (SSSR count). The fraction of sp³-hybridized carbons (Fsp3) is 0.875. The lowest BCUT2D eigenvalue weighted by Crippen LogP contribution is -2.46. The quantitative estimate of drug-likeness (QED) is 0.633. The van der Waals surface area contributed by atoms with Crippen molar-refractivity contribution in [1.82, 2.24) is 5.32 Å². The van der Waals surface area contributed by atoms with E-state index in [-0.39, 0.29) is 17.3 Å². The van der Waals surface area contributed by atoms with Crippen LogP contribution < -0.4 is 11.1 Å². The van der Waals surface area contributed by atoms with Gasteiger partial charge in [0.1, 0.15) is 0 Å². The van der Waals surface area contributed by atoms with E-state index in [0.29, 0.717) is 26.0 Å². The minimum atomic E-state index is -0.462. The molecular formula is C16H30N2O3S. The van der Waals surface area contributed by atoms with Gasteiger partial charge in [-0.1, -0.05) is 19.3 Å². The van der Waals surface area contributed by atoms with Gasteiger partial charge in [0.25, 0.3) is 0 Å². The molecule has 1 atom stereocenters. The number of carbonyl (C=O) groups is 2. The Balaban J connectivity index is 2.54. The molecule has 0 spiro atoms. The Bertz CT molecular complexity index is 357. The second-order valence-electron chi connectivity index (χ2n) is 6.15. The van der Waals surface area contributed by atoms with Crippen LogP contribution in [0, 0.1) is 5.41 Å². The van der Waals surface area contributed by atoms with E-state index in [0.717, 1.165) is 31.4 Å². The van der Waals surface area contributed by atoms with Gasteiger partial charge in [-0.2, -0.15) is 11.8 Å². The van der Waals surface area contributed by atoms with E-state index in [4.69, 9.17) is 10.5 Å². The monoisotopic (exact) mass is 330 g/mol. The summed E-state index contributed by atoms with van der Waals surface area (Å²) in [6, 6.07) is -0.462. The van der Waals surface area contributed by atoms with Crippen molar-refractivity contribution in [2.24, 2.45) is 11.1 Å². The number of nitrogens with two attached hydrogens (primary N) is 1. The Hall–Kier alpha value is -0.750. The summed E-state index contributed by atoms with van der Waals surface area (Å²) in [6.07, 6.45) is 8.41. The number of hydrogen-bond acceptors (Lipinski definition) is 5. The molecule has 0 aromatic rings. The lowest BCUT2D eigenvalue weighted by molar-refractivity contribution is -0.146. The van der Waals surface area contributed by atoms with Crippen LogP contribution in [0.1, 0.15) is 51.9 Å². The molecule has 0 aromatic carbocycles. The van der Waals surface area contributed by atoms with Crippen LogP contribution in [0.4, 0.5) is 0 Å². The standard InChI is InChI=1S/C16H30N2O3S/c1-3-21-14(19)11-16(8-5-4-6-9-16)12-18-15(20)13(17)7-10-22-2/h13H,3-12,17H2,1-2H3,(H,18,20). The SMILES string of the molecule is CCOC(=O)CC1(CNC(=O)C(N)CCSC)CCCCC1. The van der Waals surface area contributed by atoms with Gasteiger partial charge in [-0.15, -0.1) is 0 Å². The smallest absolute Gasteiger partial charge is 0.306 e. The lowest BCUT2D eigenvalue weighted by atomic mass is 9.71. The van der Waals surface area contributed by atoms with Crippen molar-refractivity contribution in [3.8, 4) is 0 Å². The van der Waals surface area contributed by atoms with E-state index in [9.17, 15) is 9.59 Å². The van der Waals surface area contributed by atoms with Crippen LogP contribution in [-0.2, 0) is 14.3 Å². The van der Waals surface area contributed by atoms with Crippen molar-refractivity contribution in [3.05, 3.63) is 0 Å². The first-order chi connectivity index (χ1) is 10.5. The molecule has 0 radical (unpaired) electrons. The third-order valence-electron chi connectivity index (χ3n) is 4.35. The number of esters is 1. The summed E-state index contributed by atoms with van der Waals surface area (Å²) < 4.78 is 5.10. The van der Waals surface area contributed by atoms with Crippen LogP contribution in [0.5, 0.6) is 0 Å². The normalized spacial score (nSPS) is 18.5. The molecule has 6 heteroatoms. The van der Waals surface area contributed by atoms with Crippen LogP contribution in [0.3, 0.4) is 0 Å². The van der Waals surface area contributed by atoms with E-state index >= 15 is 0 Å². The molecule has 3 N–H and O–H groups in total. The zero-order valence-electron chi connectivity index (χ0n) is 13.9. The van der Waals surface area contributed by atoms with Gasteiger partial charge in [0.05, 0.1) is 19.1 Å². The van der Waals surface area contributed by atoms with E-state index < -0.39 is 6.04 Å². The third-order valence-corrected chi connectivity index (χ3v) is 4.99. The van der Waals surface area contributed by atoms with Crippen LogP contribution in [0.15, 0.2) is 0 Å². The maximum absolute atomic E-state index is 12.1. The number of amides is 1. The molecule has 1 aliphatic carbocycles. The highest BCUT2D eigenvalue weighted by atomic mass is 32.2. The summed E-state index contributed by atoms with van der Waals surface area (Å²) >= 11 is 1.69. The molecule has 1 aliphatic rings. The zero-order valence-corrected chi connectivity index (χ0v) is 14.7. The summed E-state index contributed by atoms with van der Waals surface area (Å²) in [5, 5.41) is 2.97. The Morgan fingerprint density at radius 3 is 2.59 bits per heavy atom. The van der Waals surface area contributed by atoms with Crippen LogP contribution in [0.25, 0.3) is 0 Å². The van der Waals surface area contributed by atoms with Gasteiger partial charge in [0, 0.05) is 6.54 Å². The third kappa shape index (κ3) is 6.57. The molecule has 128 valence electrons. The summed E-state index contributed by atoms with van der Waals surface area (Å²) in [7, 11) is 0. The van der Waals surface area contributed by atoms with Crippen molar-refractivity contribution in [3.63, 3.8) is 0 Å². The maximum Gasteiger partial charge on any atom is 0.306 e. The molecular weight excluding hydrogens is 300 g/mol. The Morgan fingerprint density at radius 2 is 2.00 bits per heavy atom. The predicted octanol–water partition coefficient (Wildman–Crippen LogP) is 2.09. The molecule has 0 aromatic heterocycles. The summed E-state index contributed by atoms with van der Waals surface area (Å²) in [4.78, 5) is 24.0. The van der Waals surface area contributed by atoms with Crippen molar-refractivity contribution >= 4 is 23.6 Å². The van der Waals surface area contributed by atoms with Gasteiger partial charge in [-0.25, -0.2) is 0 Å². The molecule has 1 saturated carbocycles. The highest BCUT2D eigenvalue weighted by Crippen LogP contribution is 2.39. The first-order valence-corrected chi connectivity index (χ1v) is 9.60. The summed E-state index contributed by atoms with van der Waals surface area (Å²) in [6.45, 7) is 2.75. The fourth-order valence-corrected chi connectivity index (χ4v) is 3.51. The van der Waals surface area contributed by atoms with Gasteiger partial charge in [-0.05, 0) is 43.6 Å². The molecule has 1 fully saturated rings. The van der Waals surface area contributed by atoms with Crippen molar-refractivity contribution in [1.29, 1.82) is 0 Å². The topological polar surface area (TPSA) is 81.4 Å². The fourth-order valence-electron chi connectivity index (χ4n) is 3.02. The Labute approximate surface area is 138 Å². The minimum Gasteiger partial charge on any atom is -0.466 e. The second-order valence-corrected chi connectivity index (χ2v) is 7.13. The second kappa shape index (κ2) is 10.1. The van der Waals surface area contributed by atoms with E-state index in [2.05, 4.69) is 5.32 Å². The van der Waals surface area contributed by atoms with Crippen LogP contribution >= 0.6 is 11.8 Å². The number of ether oxygens (including phenoxy) is 1. The number of rotatable bonds is 9. The van der Waals surface area contributed by atoms with Gasteiger partial charge < -0.3 is 15.8 Å². The molecule has 1 unspecified atom stereocenters. The summed E-state index contributed by atoms with van der Waals surface area (Å²) in [5.41, 5.74) is 5.74. The van der Waals surface area contributed by atoms with Gasteiger partial charge >= 0.3 is 5.97 Å². The number of nitrogens with one attached hydrogen (secondary N) is 1. The van der Waals surface area contributed by atoms with E-state index in [1.807, 2.05) is 13.2 Å². The first kappa shape index (κ1) is 19.3. The number of thioether (sulfide) groups is 1. The average molecular weight is 330 g/mol. The number of carbonyl (C=O) groups excluding carboxylic acids is 2. The van der Waals surface area contributed by atoms with Crippen molar-refractivity contribution in [2.75, 3.05) is 25.2 Å². The Morgan fingerprint density at radius 1 is 1.32 bits per heavy atom. The van der Waals surface area contributed by atoms with Gasteiger partial charge in [0.2, 0.25) is 5.91 Å². The van der Waals surface area contributed by atoms with E-state index in [1.165, 1.54) is 6.42 Å². The van der Waals surface area contributed by atoms with Gasteiger partial charge in [-0.3, -0.25) is 9.59 Å². The molecule has 1 amide bonds. The van der Waals surface area contributed by atoms with Crippen LogP contribution in [0.2, 0.25) is 0 Å². The lowest BCUT2D eigenvalue weighted by Gasteiger charge is -2.37. The molecule has 0 bridgehead atoms. The Kier molecular flexibility index (Phi) is 8.86. The average Bonchev–Trinajstić information content (AvgIpc) is 2.51. The van der Waals surface area contributed by atoms with Gasteiger partial charge in [0.15, 0.2) is 0 Å². The summed E-state index contributed by atoms with van der Waals surface area (Å²) in [5.74, 6) is 0.607. The number of hydrogen-bond donors (Lipinski definition) is 2.